The molecule has 1 aromatic carbocycles. The summed E-state index contributed by atoms with van der Waals surface area (Å²) in [4.78, 5) is 22.6. The highest BCUT2D eigenvalue weighted by Crippen LogP contribution is 2.36. The van der Waals surface area contributed by atoms with Crippen LogP contribution >= 0.6 is 0 Å². The van der Waals surface area contributed by atoms with E-state index in [9.17, 15) is 31.1 Å². The average molecular weight is 487 g/mol. The van der Waals surface area contributed by atoms with E-state index in [-0.39, 0.29) is 17.7 Å². The zero-order valence-corrected chi connectivity index (χ0v) is 17.5. The molecule has 34 heavy (non-hydrogen) atoms. The SMILES string of the molecule is O=C(NCc1cc(C(F)(F)F)cc(C(F)(F)F)c1)NC1CCN(c2ncnc3[nH]ncc23)CC1. The fourth-order valence-corrected chi connectivity index (χ4v) is 3.78. The number of hydrogen-bond acceptors (Lipinski definition) is 5. The van der Waals surface area contributed by atoms with E-state index < -0.39 is 36.1 Å². The molecule has 14 heteroatoms. The Balaban J connectivity index is 1.33. The van der Waals surface area contributed by atoms with Crippen molar-refractivity contribution >= 4 is 22.9 Å². The molecular weight excluding hydrogens is 468 g/mol. The predicted molar refractivity (Wildman–Crippen MR) is 109 cm³/mol. The van der Waals surface area contributed by atoms with Crippen LogP contribution < -0.4 is 15.5 Å². The van der Waals surface area contributed by atoms with Gasteiger partial charge in [-0.1, -0.05) is 0 Å². The Bertz CT molecular complexity index is 1140. The molecule has 0 atom stereocenters. The van der Waals surface area contributed by atoms with E-state index >= 15 is 0 Å². The minimum absolute atomic E-state index is 0.0479. The number of piperidine rings is 1. The predicted octanol–water partition coefficient (Wildman–Crippen LogP) is 3.86. The van der Waals surface area contributed by atoms with Crippen LogP contribution in [0.2, 0.25) is 0 Å². The average Bonchev–Trinajstić information content (AvgIpc) is 3.26. The van der Waals surface area contributed by atoms with E-state index in [2.05, 4.69) is 30.8 Å². The van der Waals surface area contributed by atoms with Gasteiger partial charge < -0.3 is 15.5 Å². The summed E-state index contributed by atoms with van der Waals surface area (Å²) in [5, 5.41) is 12.5. The molecule has 2 aromatic heterocycles. The number of carbonyl (C=O) groups is 1. The largest absolute Gasteiger partial charge is 0.416 e. The third kappa shape index (κ3) is 5.31. The highest BCUT2D eigenvalue weighted by molar-refractivity contribution is 5.86. The standard InChI is InChI=1S/C20H19F6N7O/c21-19(22,23)12-5-11(6-13(7-12)20(24,25)26)8-27-18(34)31-14-1-3-33(4-2-14)17-15-9-30-32-16(15)28-10-29-17/h5-7,9-10,14H,1-4,8H2,(H2,27,31,34)(H,28,29,30,32). The second-order valence-electron chi connectivity index (χ2n) is 7.83. The van der Waals surface area contributed by atoms with Crippen molar-refractivity contribution in [3.05, 3.63) is 47.4 Å². The number of nitrogens with zero attached hydrogens (tertiary/aromatic N) is 4. The molecule has 0 aliphatic carbocycles. The Morgan fingerprint density at radius 1 is 1.03 bits per heavy atom. The fraction of sp³-hybridized carbons (Fsp3) is 0.400. The summed E-state index contributed by atoms with van der Waals surface area (Å²) in [6, 6.07) is 0.333. The first-order valence-electron chi connectivity index (χ1n) is 10.2. The van der Waals surface area contributed by atoms with Gasteiger partial charge in [-0.15, -0.1) is 0 Å². The Morgan fingerprint density at radius 3 is 2.29 bits per heavy atom. The smallest absolute Gasteiger partial charge is 0.356 e. The summed E-state index contributed by atoms with van der Waals surface area (Å²) in [5.74, 6) is 0.715. The number of amides is 2. The van der Waals surface area contributed by atoms with E-state index in [1.165, 1.54) is 6.33 Å². The second-order valence-corrected chi connectivity index (χ2v) is 7.83. The number of halogens is 6. The number of benzene rings is 1. The number of fused-ring (bicyclic) bond motifs is 1. The number of anilines is 1. The quantitative estimate of drug-likeness (QED) is 0.486. The van der Waals surface area contributed by atoms with Gasteiger partial charge in [-0.2, -0.15) is 31.4 Å². The van der Waals surface area contributed by atoms with Crippen LogP contribution in [0.15, 0.2) is 30.7 Å². The summed E-state index contributed by atoms with van der Waals surface area (Å²) in [5.41, 5.74) is -2.56. The van der Waals surface area contributed by atoms with Crippen molar-refractivity contribution in [1.29, 1.82) is 0 Å². The Kier molecular flexibility index (Phi) is 6.23. The van der Waals surface area contributed by atoms with Crippen molar-refractivity contribution in [1.82, 2.24) is 30.8 Å². The maximum atomic E-state index is 13.0. The molecule has 0 unspecified atom stereocenters. The van der Waals surface area contributed by atoms with Gasteiger partial charge in [0.2, 0.25) is 0 Å². The number of aromatic amines is 1. The summed E-state index contributed by atoms with van der Waals surface area (Å²) in [6.45, 7) is 0.659. The van der Waals surface area contributed by atoms with Crippen molar-refractivity contribution in [2.24, 2.45) is 0 Å². The lowest BCUT2D eigenvalue weighted by molar-refractivity contribution is -0.143. The van der Waals surface area contributed by atoms with Crippen molar-refractivity contribution in [3.63, 3.8) is 0 Å². The number of rotatable bonds is 4. The van der Waals surface area contributed by atoms with E-state index in [4.69, 9.17) is 0 Å². The maximum Gasteiger partial charge on any atom is 0.416 e. The molecule has 3 aromatic rings. The summed E-state index contributed by atoms with van der Waals surface area (Å²) >= 11 is 0. The Morgan fingerprint density at radius 2 is 1.68 bits per heavy atom. The highest BCUT2D eigenvalue weighted by Gasteiger charge is 2.37. The van der Waals surface area contributed by atoms with Crippen LogP contribution in [-0.2, 0) is 18.9 Å². The number of urea groups is 1. The zero-order chi connectivity index (χ0) is 24.5. The van der Waals surface area contributed by atoms with E-state index in [0.717, 1.165) is 5.39 Å². The monoisotopic (exact) mass is 487 g/mol. The molecule has 4 rings (SSSR count). The van der Waals surface area contributed by atoms with Gasteiger partial charge >= 0.3 is 18.4 Å². The minimum atomic E-state index is -4.95. The van der Waals surface area contributed by atoms with E-state index in [0.29, 0.717) is 49.5 Å². The zero-order valence-electron chi connectivity index (χ0n) is 17.5. The van der Waals surface area contributed by atoms with E-state index in [1.54, 1.807) is 6.20 Å². The second kappa shape index (κ2) is 8.99. The molecule has 0 radical (unpaired) electrons. The van der Waals surface area contributed by atoms with Crippen LogP contribution in [0.5, 0.6) is 0 Å². The van der Waals surface area contributed by atoms with Crippen LogP contribution in [0.3, 0.4) is 0 Å². The molecule has 0 saturated carbocycles. The molecular formula is C20H19F6N7O. The van der Waals surface area contributed by atoms with Crippen molar-refractivity contribution in [2.75, 3.05) is 18.0 Å². The summed E-state index contributed by atoms with van der Waals surface area (Å²) in [6.07, 6.45) is -5.71. The molecule has 0 bridgehead atoms. The molecule has 3 N–H and O–H groups in total. The molecule has 1 aliphatic rings. The number of aromatic nitrogens is 4. The van der Waals surface area contributed by atoms with Crippen LogP contribution in [0.25, 0.3) is 11.0 Å². The lowest BCUT2D eigenvalue weighted by Crippen LogP contribution is -2.48. The number of nitrogens with one attached hydrogen (secondary N) is 3. The molecule has 3 heterocycles. The molecule has 182 valence electrons. The van der Waals surface area contributed by atoms with Gasteiger partial charge in [0.1, 0.15) is 12.1 Å². The van der Waals surface area contributed by atoms with Crippen molar-refractivity contribution in [2.45, 2.75) is 37.8 Å². The van der Waals surface area contributed by atoms with Crippen LogP contribution in [0.4, 0.5) is 37.0 Å². The first-order valence-corrected chi connectivity index (χ1v) is 10.2. The number of hydrogen-bond donors (Lipinski definition) is 3. The summed E-state index contributed by atoms with van der Waals surface area (Å²) < 4.78 is 77.9. The fourth-order valence-electron chi connectivity index (χ4n) is 3.78. The summed E-state index contributed by atoms with van der Waals surface area (Å²) in [7, 11) is 0. The lowest BCUT2D eigenvalue weighted by Gasteiger charge is -2.33. The Hall–Kier alpha value is -3.58. The highest BCUT2D eigenvalue weighted by atomic mass is 19.4. The number of alkyl halides is 6. The first kappa shape index (κ1) is 23.6. The van der Waals surface area contributed by atoms with Gasteiger partial charge in [0.25, 0.3) is 0 Å². The third-order valence-electron chi connectivity index (χ3n) is 5.46. The van der Waals surface area contributed by atoms with Gasteiger partial charge in [-0.05, 0) is 36.6 Å². The minimum Gasteiger partial charge on any atom is -0.356 e. The van der Waals surface area contributed by atoms with Crippen LogP contribution in [0.1, 0.15) is 29.5 Å². The van der Waals surface area contributed by atoms with Gasteiger partial charge in [-0.25, -0.2) is 14.8 Å². The molecule has 1 saturated heterocycles. The topological polar surface area (TPSA) is 98.8 Å². The molecule has 1 aliphatic heterocycles. The van der Waals surface area contributed by atoms with Gasteiger partial charge in [0.05, 0.1) is 22.7 Å². The van der Waals surface area contributed by atoms with Gasteiger partial charge in [0.15, 0.2) is 5.65 Å². The maximum absolute atomic E-state index is 13.0. The van der Waals surface area contributed by atoms with Crippen LogP contribution in [0, 0.1) is 0 Å². The lowest BCUT2D eigenvalue weighted by atomic mass is 10.0. The normalized spacial score (nSPS) is 15.5. The van der Waals surface area contributed by atoms with Crippen molar-refractivity contribution in [3.8, 4) is 0 Å². The van der Waals surface area contributed by atoms with Crippen molar-refractivity contribution < 1.29 is 31.1 Å². The van der Waals surface area contributed by atoms with Gasteiger partial charge in [0, 0.05) is 25.7 Å². The first-order chi connectivity index (χ1) is 16.0. The number of H-pyrrole nitrogens is 1. The van der Waals surface area contributed by atoms with Crippen LogP contribution in [-0.4, -0.2) is 45.3 Å². The molecule has 0 spiro atoms. The molecule has 1 fully saturated rings. The Labute approximate surface area is 188 Å². The number of carbonyl (C=O) groups excluding carboxylic acids is 1. The third-order valence-corrected chi connectivity index (χ3v) is 5.46. The van der Waals surface area contributed by atoms with Gasteiger partial charge in [-0.3, -0.25) is 5.10 Å². The molecule has 8 nitrogen and oxygen atoms in total. The molecule has 2 amide bonds. The van der Waals surface area contributed by atoms with E-state index in [1.807, 2.05) is 4.90 Å².